The van der Waals surface area contributed by atoms with Gasteiger partial charge in [0.05, 0.1) is 5.69 Å². The van der Waals surface area contributed by atoms with Crippen LogP contribution in [0.2, 0.25) is 0 Å². The van der Waals surface area contributed by atoms with Gasteiger partial charge in [0.2, 0.25) is 0 Å². The summed E-state index contributed by atoms with van der Waals surface area (Å²) in [6.07, 6.45) is 3.89. The van der Waals surface area contributed by atoms with E-state index >= 15 is 0 Å². The van der Waals surface area contributed by atoms with Gasteiger partial charge in [0.15, 0.2) is 0 Å². The van der Waals surface area contributed by atoms with Gasteiger partial charge >= 0.3 is 6.03 Å². The molecule has 2 heterocycles. The molecule has 2 fully saturated rings. The average Bonchev–Trinajstić information content (AvgIpc) is 3.42. The zero-order valence-corrected chi connectivity index (χ0v) is 19.1. The Hall–Kier alpha value is -4.39. The number of urea groups is 1. The van der Waals surface area contributed by atoms with E-state index in [-0.39, 0.29) is 5.57 Å². The number of nitrogens with zero attached hydrogens (tertiary/aromatic N) is 2. The molecule has 176 valence electrons. The van der Waals surface area contributed by atoms with Gasteiger partial charge in [0.1, 0.15) is 17.9 Å². The Balaban J connectivity index is 1.32. The fraction of sp³-hybridized carbons (Fsp3) is 0.179. The van der Waals surface area contributed by atoms with Crippen LogP contribution in [0.1, 0.15) is 24.0 Å². The monoisotopic (exact) mass is 467 g/mol. The Morgan fingerprint density at radius 2 is 1.46 bits per heavy atom. The van der Waals surface area contributed by atoms with E-state index in [4.69, 9.17) is 4.74 Å². The maximum atomic E-state index is 13.2. The number of ether oxygens (including phenoxy) is 1. The molecule has 0 bridgehead atoms. The smallest absolute Gasteiger partial charge is 0.335 e. The lowest BCUT2D eigenvalue weighted by atomic mass is 10.1. The van der Waals surface area contributed by atoms with Crippen LogP contribution < -0.4 is 19.9 Å². The van der Waals surface area contributed by atoms with E-state index in [0.29, 0.717) is 23.6 Å². The van der Waals surface area contributed by atoms with Crippen molar-refractivity contribution in [3.05, 3.63) is 95.6 Å². The molecule has 5 rings (SSSR count). The minimum Gasteiger partial charge on any atom is -0.489 e. The van der Waals surface area contributed by atoms with Crippen LogP contribution >= 0.6 is 0 Å². The minimum absolute atomic E-state index is 0.0945. The molecule has 0 radical (unpaired) electrons. The van der Waals surface area contributed by atoms with Crippen molar-refractivity contribution in [2.75, 3.05) is 22.9 Å². The molecular weight excluding hydrogens is 442 g/mol. The van der Waals surface area contributed by atoms with Crippen LogP contribution in [0, 0.1) is 0 Å². The van der Waals surface area contributed by atoms with Crippen LogP contribution in [-0.2, 0) is 16.2 Å². The second kappa shape index (κ2) is 9.85. The van der Waals surface area contributed by atoms with Gasteiger partial charge in [0, 0.05) is 18.8 Å². The fourth-order valence-corrected chi connectivity index (χ4v) is 4.25. The van der Waals surface area contributed by atoms with Crippen molar-refractivity contribution in [3.8, 4) is 5.75 Å². The molecule has 2 saturated heterocycles. The fourth-order valence-electron chi connectivity index (χ4n) is 4.25. The number of rotatable bonds is 6. The van der Waals surface area contributed by atoms with E-state index in [9.17, 15) is 14.4 Å². The number of imide groups is 2. The van der Waals surface area contributed by atoms with Crippen LogP contribution in [0.5, 0.6) is 5.75 Å². The molecule has 3 aromatic carbocycles. The summed E-state index contributed by atoms with van der Waals surface area (Å²) in [4.78, 5) is 41.4. The quantitative estimate of drug-likeness (QED) is 0.426. The molecule has 4 amide bonds. The maximum absolute atomic E-state index is 13.2. The number of nitrogens with one attached hydrogen (secondary N) is 1. The zero-order valence-electron chi connectivity index (χ0n) is 19.1. The predicted molar refractivity (Wildman–Crippen MR) is 134 cm³/mol. The molecule has 3 aromatic rings. The number of anilines is 2. The third-order valence-corrected chi connectivity index (χ3v) is 6.12. The summed E-state index contributed by atoms with van der Waals surface area (Å²) in [6.45, 7) is 2.48. The number of hydrogen-bond acceptors (Lipinski definition) is 5. The molecule has 35 heavy (non-hydrogen) atoms. The van der Waals surface area contributed by atoms with Gasteiger partial charge < -0.3 is 9.64 Å². The maximum Gasteiger partial charge on any atom is 0.335 e. The molecule has 0 spiro atoms. The first kappa shape index (κ1) is 22.4. The van der Waals surface area contributed by atoms with Gasteiger partial charge in [-0.3, -0.25) is 14.9 Å². The van der Waals surface area contributed by atoms with E-state index in [1.807, 2.05) is 54.6 Å². The lowest BCUT2D eigenvalue weighted by molar-refractivity contribution is -0.122. The van der Waals surface area contributed by atoms with Gasteiger partial charge in [-0.25, -0.2) is 9.69 Å². The number of barbiturate groups is 1. The van der Waals surface area contributed by atoms with Crippen LogP contribution in [-0.4, -0.2) is 30.9 Å². The molecule has 2 aliphatic rings. The number of carbonyl (C=O) groups is 3. The van der Waals surface area contributed by atoms with Crippen molar-refractivity contribution < 1.29 is 19.1 Å². The van der Waals surface area contributed by atoms with Crippen molar-refractivity contribution >= 4 is 35.3 Å². The van der Waals surface area contributed by atoms with Crippen molar-refractivity contribution in [2.45, 2.75) is 19.4 Å². The van der Waals surface area contributed by atoms with Gasteiger partial charge in [0.25, 0.3) is 11.8 Å². The Bertz CT molecular complexity index is 1260. The topological polar surface area (TPSA) is 79.0 Å². The van der Waals surface area contributed by atoms with Crippen LogP contribution in [0.3, 0.4) is 0 Å². The molecule has 7 nitrogen and oxygen atoms in total. The Morgan fingerprint density at radius 3 is 2.14 bits per heavy atom. The molecule has 7 heteroatoms. The van der Waals surface area contributed by atoms with Crippen LogP contribution in [0.15, 0.2) is 84.4 Å². The SMILES string of the molecule is O=C1NC(=O)N(c2ccc(OCc3ccccc3)cc2)C(=O)/C1=C/c1ccc(N2CCCC2)cc1. The first-order valence-electron chi connectivity index (χ1n) is 11.6. The average molecular weight is 468 g/mol. The first-order valence-corrected chi connectivity index (χ1v) is 11.6. The summed E-state index contributed by atoms with van der Waals surface area (Å²) >= 11 is 0. The number of carbonyl (C=O) groups excluding carboxylic acids is 3. The molecule has 0 unspecified atom stereocenters. The molecule has 1 N–H and O–H groups in total. The standard InChI is InChI=1S/C28H25N3O4/c32-26-25(18-20-8-10-22(11-9-20)30-16-4-5-17-30)27(33)31(28(34)29-26)23-12-14-24(15-13-23)35-19-21-6-2-1-3-7-21/h1-3,6-15,18H,4-5,16-17,19H2,(H,29,32,34)/b25-18+. The van der Waals surface area contributed by atoms with Crippen molar-refractivity contribution in [1.29, 1.82) is 0 Å². The highest BCUT2D eigenvalue weighted by molar-refractivity contribution is 6.39. The Kier molecular flexibility index (Phi) is 6.30. The second-order valence-electron chi connectivity index (χ2n) is 8.51. The molecule has 0 atom stereocenters. The summed E-state index contributed by atoms with van der Waals surface area (Å²) in [6, 6.07) is 23.3. The van der Waals surface area contributed by atoms with E-state index in [0.717, 1.165) is 29.2 Å². The van der Waals surface area contributed by atoms with E-state index in [2.05, 4.69) is 10.2 Å². The predicted octanol–water partition coefficient (Wildman–Crippen LogP) is 4.53. The summed E-state index contributed by atoms with van der Waals surface area (Å²) in [5, 5.41) is 2.27. The third-order valence-electron chi connectivity index (χ3n) is 6.12. The van der Waals surface area contributed by atoms with E-state index < -0.39 is 17.8 Å². The number of amides is 4. The number of benzene rings is 3. The second-order valence-corrected chi connectivity index (χ2v) is 8.51. The highest BCUT2D eigenvalue weighted by atomic mass is 16.5. The Morgan fingerprint density at radius 1 is 0.800 bits per heavy atom. The molecular formula is C28H25N3O4. The highest BCUT2D eigenvalue weighted by Gasteiger charge is 2.36. The van der Waals surface area contributed by atoms with Crippen molar-refractivity contribution in [2.24, 2.45) is 0 Å². The molecule has 0 saturated carbocycles. The molecule has 0 aromatic heterocycles. The Labute approximate surface area is 203 Å². The molecule has 0 aliphatic carbocycles. The zero-order chi connectivity index (χ0) is 24.2. The summed E-state index contributed by atoms with van der Waals surface area (Å²) in [5.74, 6) is -0.768. The van der Waals surface area contributed by atoms with E-state index in [1.54, 1.807) is 24.3 Å². The van der Waals surface area contributed by atoms with Gasteiger partial charge in [-0.2, -0.15) is 0 Å². The van der Waals surface area contributed by atoms with Gasteiger partial charge in [-0.05, 0) is 66.4 Å². The lowest BCUT2D eigenvalue weighted by Crippen LogP contribution is -2.54. The third kappa shape index (κ3) is 4.94. The van der Waals surface area contributed by atoms with Gasteiger partial charge in [-0.1, -0.05) is 42.5 Å². The lowest BCUT2D eigenvalue weighted by Gasteiger charge is -2.26. The summed E-state index contributed by atoms with van der Waals surface area (Å²) in [7, 11) is 0. The molecule has 2 aliphatic heterocycles. The number of hydrogen-bond donors (Lipinski definition) is 1. The van der Waals surface area contributed by atoms with Gasteiger partial charge in [-0.15, -0.1) is 0 Å². The normalized spacial score (nSPS) is 17.1. The first-order chi connectivity index (χ1) is 17.1. The largest absolute Gasteiger partial charge is 0.489 e. The van der Waals surface area contributed by atoms with Crippen molar-refractivity contribution in [3.63, 3.8) is 0 Å². The summed E-state index contributed by atoms with van der Waals surface area (Å²) in [5.41, 5.74) is 3.12. The van der Waals surface area contributed by atoms with E-state index in [1.165, 1.54) is 18.9 Å². The minimum atomic E-state index is -0.778. The summed E-state index contributed by atoms with van der Waals surface area (Å²) < 4.78 is 5.78. The van der Waals surface area contributed by atoms with Crippen LogP contribution in [0.4, 0.5) is 16.2 Å². The van der Waals surface area contributed by atoms with Crippen molar-refractivity contribution in [1.82, 2.24) is 5.32 Å². The highest BCUT2D eigenvalue weighted by Crippen LogP contribution is 2.26. The van der Waals surface area contributed by atoms with Crippen LogP contribution in [0.25, 0.3) is 6.08 Å².